The Morgan fingerprint density at radius 3 is 2.16 bits per heavy atom. The number of carbonyl (C=O) groups is 1. The maximum absolute atomic E-state index is 12.0. The number of unbranched alkanes of at least 4 members (excludes halogenated alkanes) is 1. The van der Waals surface area contributed by atoms with Crippen molar-refractivity contribution in [3.63, 3.8) is 0 Å². The van der Waals surface area contributed by atoms with Gasteiger partial charge in [0.05, 0.1) is 17.9 Å². The van der Waals surface area contributed by atoms with Crippen LogP contribution in [0.5, 0.6) is 0 Å². The first-order valence-electron chi connectivity index (χ1n) is 8.12. The number of hydrogen-bond acceptors (Lipinski definition) is 4. The van der Waals surface area contributed by atoms with Crippen LogP contribution in [0.1, 0.15) is 29.5 Å². The van der Waals surface area contributed by atoms with E-state index in [0.29, 0.717) is 6.42 Å². The Morgan fingerprint density at radius 1 is 0.960 bits per heavy atom. The second-order valence-corrected chi connectivity index (χ2v) is 7.55. The van der Waals surface area contributed by atoms with Crippen molar-refractivity contribution in [1.29, 1.82) is 0 Å². The molecule has 0 spiro atoms. The Labute approximate surface area is 148 Å². The van der Waals surface area contributed by atoms with Gasteiger partial charge in [0.25, 0.3) is 10.1 Å². The first-order chi connectivity index (χ1) is 11.9. The van der Waals surface area contributed by atoms with Crippen LogP contribution >= 0.6 is 0 Å². The van der Waals surface area contributed by atoms with Gasteiger partial charge in [0.15, 0.2) is 0 Å². The highest BCUT2D eigenvalue weighted by molar-refractivity contribution is 7.86. The van der Waals surface area contributed by atoms with E-state index in [0.717, 1.165) is 29.5 Å². The molecule has 25 heavy (non-hydrogen) atoms. The molecule has 2 aromatic rings. The van der Waals surface area contributed by atoms with E-state index in [9.17, 15) is 13.2 Å². The third-order valence-corrected chi connectivity index (χ3v) is 5.11. The zero-order valence-corrected chi connectivity index (χ0v) is 15.0. The van der Waals surface area contributed by atoms with Gasteiger partial charge in [-0.25, -0.2) is 0 Å². The number of benzene rings is 2. The number of aliphatic carboxylic acids is 1. The summed E-state index contributed by atoms with van der Waals surface area (Å²) in [5, 5.41) is 8.74. The number of rotatable bonds is 9. The minimum absolute atomic E-state index is 0.0188. The predicted octanol–water partition coefficient (Wildman–Crippen LogP) is 3.35. The van der Waals surface area contributed by atoms with Crippen LogP contribution in [-0.2, 0) is 31.9 Å². The Hall–Kier alpha value is -2.18. The zero-order chi connectivity index (χ0) is 18.3. The zero-order valence-electron chi connectivity index (χ0n) is 14.1. The standard InChI is InChI=1S/C19H22O5S/c1-15-5-11-18(12-6-15)25(22,23)24-13-3-2-4-16-7-9-17(10-8-16)14-19(20)21/h5-12H,2-4,13-14H2,1H3,(H,20,21). The fraction of sp³-hybridized carbons (Fsp3) is 0.316. The van der Waals surface area contributed by atoms with Gasteiger partial charge in [0.1, 0.15) is 0 Å². The molecule has 2 aromatic carbocycles. The molecule has 6 heteroatoms. The SMILES string of the molecule is Cc1ccc(S(=O)(=O)OCCCCc2ccc(CC(=O)O)cc2)cc1. The van der Waals surface area contributed by atoms with Crippen molar-refractivity contribution in [2.75, 3.05) is 6.61 Å². The van der Waals surface area contributed by atoms with Crippen molar-refractivity contribution in [3.05, 3.63) is 65.2 Å². The summed E-state index contributed by atoms with van der Waals surface area (Å²) in [5.41, 5.74) is 2.85. The lowest BCUT2D eigenvalue weighted by atomic mass is 10.0. The second kappa shape index (κ2) is 8.78. The normalized spacial score (nSPS) is 11.4. The van der Waals surface area contributed by atoms with Gasteiger partial charge in [0.2, 0.25) is 0 Å². The molecular formula is C19H22O5S. The second-order valence-electron chi connectivity index (χ2n) is 5.93. The van der Waals surface area contributed by atoms with Crippen LogP contribution in [0, 0.1) is 6.92 Å². The minimum atomic E-state index is -3.69. The van der Waals surface area contributed by atoms with E-state index < -0.39 is 16.1 Å². The average molecular weight is 362 g/mol. The third-order valence-electron chi connectivity index (χ3n) is 3.79. The molecule has 0 aliphatic carbocycles. The molecule has 0 unspecified atom stereocenters. The molecule has 0 atom stereocenters. The summed E-state index contributed by atoms with van der Waals surface area (Å²) in [6.45, 7) is 2.04. The van der Waals surface area contributed by atoms with Crippen LogP contribution in [0.3, 0.4) is 0 Å². The molecule has 0 aromatic heterocycles. The molecule has 0 saturated carbocycles. The van der Waals surface area contributed by atoms with Crippen molar-refractivity contribution in [3.8, 4) is 0 Å². The lowest BCUT2D eigenvalue weighted by Crippen LogP contribution is -2.08. The molecule has 2 rings (SSSR count). The summed E-state index contributed by atoms with van der Waals surface area (Å²) < 4.78 is 29.1. The quantitative estimate of drug-likeness (QED) is 0.546. The van der Waals surface area contributed by atoms with Gasteiger partial charge in [-0.3, -0.25) is 8.98 Å². The number of hydrogen-bond donors (Lipinski definition) is 1. The maximum Gasteiger partial charge on any atom is 0.307 e. The molecule has 0 aliphatic heterocycles. The van der Waals surface area contributed by atoms with E-state index >= 15 is 0 Å². The summed E-state index contributed by atoms with van der Waals surface area (Å²) in [6.07, 6.45) is 2.23. The fourth-order valence-electron chi connectivity index (χ4n) is 2.37. The van der Waals surface area contributed by atoms with E-state index in [2.05, 4.69) is 0 Å². The van der Waals surface area contributed by atoms with E-state index in [4.69, 9.17) is 9.29 Å². The molecular weight excluding hydrogens is 340 g/mol. The Morgan fingerprint density at radius 2 is 1.56 bits per heavy atom. The van der Waals surface area contributed by atoms with Gasteiger partial charge >= 0.3 is 5.97 Å². The van der Waals surface area contributed by atoms with Crippen molar-refractivity contribution < 1.29 is 22.5 Å². The number of carboxylic acids is 1. The summed E-state index contributed by atoms with van der Waals surface area (Å²) in [7, 11) is -3.69. The van der Waals surface area contributed by atoms with Gasteiger partial charge in [-0.15, -0.1) is 0 Å². The first-order valence-corrected chi connectivity index (χ1v) is 9.53. The van der Waals surface area contributed by atoms with E-state index in [-0.39, 0.29) is 17.9 Å². The van der Waals surface area contributed by atoms with Crippen LogP contribution in [0.15, 0.2) is 53.4 Å². The van der Waals surface area contributed by atoms with Gasteiger partial charge < -0.3 is 5.11 Å². The fourth-order valence-corrected chi connectivity index (χ4v) is 3.31. The molecule has 0 heterocycles. The lowest BCUT2D eigenvalue weighted by molar-refractivity contribution is -0.136. The molecule has 0 saturated heterocycles. The van der Waals surface area contributed by atoms with E-state index in [1.54, 1.807) is 24.3 Å². The van der Waals surface area contributed by atoms with Gasteiger partial charge in [-0.1, -0.05) is 42.0 Å². The van der Waals surface area contributed by atoms with E-state index in [1.165, 1.54) is 0 Å². The van der Waals surface area contributed by atoms with Crippen molar-refractivity contribution >= 4 is 16.1 Å². The topological polar surface area (TPSA) is 80.7 Å². The van der Waals surface area contributed by atoms with Crippen LogP contribution in [0.4, 0.5) is 0 Å². The maximum atomic E-state index is 12.0. The minimum Gasteiger partial charge on any atom is -0.481 e. The summed E-state index contributed by atoms with van der Waals surface area (Å²) in [4.78, 5) is 10.8. The van der Waals surface area contributed by atoms with Crippen LogP contribution < -0.4 is 0 Å². The Bertz CT molecular complexity index is 793. The van der Waals surface area contributed by atoms with Crippen molar-refractivity contribution in [2.45, 2.75) is 37.5 Å². The third kappa shape index (κ3) is 6.32. The summed E-state index contributed by atoms with van der Waals surface area (Å²) in [6, 6.07) is 14.0. The lowest BCUT2D eigenvalue weighted by Gasteiger charge is -2.06. The largest absolute Gasteiger partial charge is 0.481 e. The van der Waals surface area contributed by atoms with Crippen LogP contribution in [-0.4, -0.2) is 26.1 Å². The van der Waals surface area contributed by atoms with Gasteiger partial charge in [0, 0.05) is 0 Å². The molecule has 134 valence electrons. The van der Waals surface area contributed by atoms with Crippen LogP contribution in [0.25, 0.3) is 0 Å². The van der Waals surface area contributed by atoms with Gasteiger partial charge in [-0.2, -0.15) is 8.42 Å². The Kier molecular flexibility index (Phi) is 6.73. The highest BCUT2D eigenvalue weighted by atomic mass is 32.2. The highest BCUT2D eigenvalue weighted by Gasteiger charge is 2.14. The van der Waals surface area contributed by atoms with Gasteiger partial charge in [-0.05, 0) is 49.4 Å². The van der Waals surface area contributed by atoms with Crippen LogP contribution in [0.2, 0.25) is 0 Å². The highest BCUT2D eigenvalue weighted by Crippen LogP contribution is 2.14. The summed E-state index contributed by atoms with van der Waals surface area (Å²) >= 11 is 0. The van der Waals surface area contributed by atoms with E-state index in [1.807, 2.05) is 31.2 Å². The molecule has 0 radical (unpaired) electrons. The number of carboxylic acid groups (broad SMARTS) is 1. The van der Waals surface area contributed by atoms with Crippen molar-refractivity contribution in [1.82, 2.24) is 0 Å². The summed E-state index contributed by atoms with van der Waals surface area (Å²) in [5.74, 6) is -0.848. The molecule has 0 aliphatic rings. The molecule has 0 fully saturated rings. The monoisotopic (exact) mass is 362 g/mol. The average Bonchev–Trinajstić information content (AvgIpc) is 2.56. The smallest absolute Gasteiger partial charge is 0.307 e. The number of aryl methyl sites for hydroxylation is 2. The molecule has 0 bridgehead atoms. The predicted molar refractivity (Wildman–Crippen MR) is 95.0 cm³/mol. The molecule has 5 nitrogen and oxygen atoms in total. The Balaban J connectivity index is 1.74. The molecule has 1 N–H and O–H groups in total. The molecule has 0 amide bonds. The van der Waals surface area contributed by atoms with Crippen molar-refractivity contribution in [2.24, 2.45) is 0 Å². The first kappa shape index (κ1) is 19.1.